The number of hydrogen-bond donors (Lipinski definition) is 1. The predicted octanol–water partition coefficient (Wildman–Crippen LogP) is 3.64. The first kappa shape index (κ1) is 17.5. The molecule has 0 aromatic rings. The molecule has 0 aromatic carbocycles. The largest absolute Gasteiger partial charge is 0.377 e. The second-order valence-corrected chi connectivity index (χ2v) is 5.27. The lowest BCUT2D eigenvalue weighted by molar-refractivity contribution is 0.385. The molecule has 0 aliphatic rings. The van der Waals surface area contributed by atoms with Crippen molar-refractivity contribution in [3.63, 3.8) is 0 Å². The summed E-state index contributed by atoms with van der Waals surface area (Å²) in [6.07, 6.45) is 6.37. The molecule has 1 unspecified atom stereocenters. The Kier molecular flexibility index (Phi) is 10.2. The van der Waals surface area contributed by atoms with Gasteiger partial charge in [-0.05, 0) is 45.9 Å². The van der Waals surface area contributed by atoms with Crippen molar-refractivity contribution >= 4 is 11.6 Å². The highest BCUT2D eigenvalue weighted by molar-refractivity contribution is 6.18. The highest BCUT2D eigenvalue weighted by Gasteiger charge is 2.14. The maximum atomic E-state index is 5.79. The van der Waals surface area contributed by atoms with E-state index in [4.69, 9.17) is 11.6 Å². The van der Waals surface area contributed by atoms with E-state index < -0.39 is 0 Å². The molecule has 0 heterocycles. The standard InChI is InChI=1S/C15H29ClN2/c1-6-8-15(17-5)14(4)11-13(3)12-18(7-2)10-9-16/h6,12,14-15,17H,1,7-11H2,2-5H3/t14?,15-/m1/s1. The molecular formula is C15H29ClN2. The Morgan fingerprint density at radius 2 is 2.17 bits per heavy atom. The molecule has 1 N–H and O–H groups in total. The molecule has 0 aliphatic heterocycles. The van der Waals surface area contributed by atoms with Crippen molar-refractivity contribution in [1.82, 2.24) is 10.2 Å². The van der Waals surface area contributed by atoms with Crippen LogP contribution in [0.1, 0.15) is 33.6 Å². The van der Waals surface area contributed by atoms with E-state index in [-0.39, 0.29) is 0 Å². The highest BCUT2D eigenvalue weighted by atomic mass is 35.5. The zero-order valence-electron chi connectivity index (χ0n) is 12.4. The van der Waals surface area contributed by atoms with E-state index in [2.05, 4.69) is 43.8 Å². The summed E-state index contributed by atoms with van der Waals surface area (Å²) in [4.78, 5) is 2.27. The molecule has 0 saturated carbocycles. The number of nitrogens with one attached hydrogen (secondary N) is 1. The van der Waals surface area contributed by atoms with Crippen LogP contribution in [0.25, 0.3) is 0 Å². The van der Waals surface area contributed by atoms with Crippen LogP contribution >= 0.6 is 11.6 Å². The van der Waals surface area contributed by atoms with Crippen molar-refractivity contribution in [2.24, 2.45) is 5.92 Å². The first-order valence-electron chi connectivity index (χ1n) is 6.84. The average molecular weight is 273 g/mol. The first-order valence-corrected chi connectivity index (χ1v) is 7.37. The van der Waals surface area contributed by atoms with Crippen molar-refractivity contribution in [2.45, 2.75) is 39.7 Å². The Bertz CT molecular complexity index is 251. The van der Waals surface area contributed by atoms with E-state index in [1.807, 2.05) is 13.1 Å². The molecule has 0 saturated heterocycles. The van der Waals surface area contributed by atoms with Gasteiger partial charge in [-0.3, -0.25) is 0 Å². The van der Waals surface area contributed by atoms with Gasteiger partial charge < -0.3 is 10.2 Å². The summed E-state index contributed by atoms with van der Waals surface area (Å²) in [6, 6.07) is 0.508. The Morgan fingerprint density at radius 1 is 1.50 bits per heavy atom. The number of allylic oxidation sites excluding steroid dienone is 1. The molecule has 2 nitrogen and oxygen atoms in total. The lowest BCUT2D eigenvalue weighted by Gasteiger charge is -2.24. The van der Waals surface area contributed by atoms with E-state index in [9.17, 15) is 0 Å². The summed E-state index contributed by atoms with van der Waals surface area (Å²) >= 11 is 5.79. The third-order valence-corrected chi connectivity index (χ3v) is 3.47. The number of halogens is 1. The Morgan fingerprint density at radius 3 is 2.61 bits per heavy atom. The SMILES string of the molecule is C=CC[C@@H](NC)C(C)CC(C)=CN(CC)CCCl. The van der Waals surface area contributed by atoms with Crippen molar-refractivity contribution in [2.75, 3.05) is 26.0 Å². The summed E-state index contributed by atoms with van der Waals surface area (Å²) in [5.74, 6) is 1.29. The molecule has 0 bridgehead atoms. The van der Waals surface area contributed by atoms with Crippen molar-refractivity contribution in [1.29, 1.82) is 0 Å². The molecule has 0 spiro atoms. The second-order valence-electron chi connectivity index (χ2n) is 4.89. The maximum Gasteiger partial charge on any atom is 0.0399 e. The van der Waals surface area contributed by atoms with Crippen molar-refractivity contribution in [3.8, 4) is 0 Å². The summed E-state index contributed by atoms with van der Waals surface area (Å²) in [7, 11) is 2.02. The topological polar surface area (TPSA) is 15.3 Å². The quantitative estimate of drug-likeness (QED) is 0.482. The summed E-state index contributed by atoms with van der Waals surface area (Å²) in [5.41, 5.74) is 1.42. The van der Waals surface area contributed by atoms with Gasteiger partial charge in [0, 0.05) is 25.0 Å². The zero-order valence-corrected chi connectivity index (χ0v) is 13.1. The normalized spacial score (nSPS) is 15.3. The van der Waals surface area contributed by atoms with E-state index in [0.717, 1.165) is 25.9 Å². The minimum atomic E-state index is 0.508. The van der Waals surface area contributed by atoms with E-state index in [1.165, 1.54) is 5.57 Å². The van der Waals surface area contributed by atoms with Gasteiger partial charge in [-0.25, -0.2) is 0 Å². The number of alkyl halides is 1. The van der Waals surface area contributed by atoms with Crippen LogP contribution < -0.4 is 5.32 Å². The molecule has 0 radical (unpaired) electrons. The average Bonchev–Trinajstić information content (AvgIpc) is 2.34. The van der Waals surface area contributed by atoms with Crippen molar-refractivity contribution in [3.05, 3.63) is 24.4 Å². The van der Waals surface area contributed by atoms with Crippen LogP contribution in [-0.2, 0) is 0 Å². The van der Waals surface area contributed by atoms with Gasteiger partial charge in [-0.2, -0.15) is 0 Å². The lowest BCUT2D eigenvalue weighted by Crippen LogP contribution is -2.31. The van der Waals surface area contributed by atoms with Gasteiger partial charge >= 0.3 is 0 Å². The first-order chi connectivity index (χ1) is 8.58. The molecule has 106 valence electrons. The van der Waals surface area contributed by atoms with E-state index >= 15 is 0 Å². The van der Waals surface area contributed by atoms with Crippen LogP contribution in [0.2, 0.25) is 0 Å². The number of nitrogens with zero attached hydrogens (tertiary/aromatic N) is 1. The fourth-order valence-corrected chi connectivity index (χ4v) is 2.47. The number of rotatable bonds is 10. The minimum Gasteiger partial charge on any atom is -0.377 e. The van der Waals surface area contributed by atoms with Crippen LogP contribution in [0.3, 0.4) is 0 Å². The molecule has 18 heavy (non-hydrogen) atoms. The van der Waals surface area contributed by atoms with Gasteiger partial charge in [0.05, 0.1) is 0 Å². The molecule has 0 rings (SSSR count). The smallest absolute Gasteiger partial charge is 0.0399 e. The van der Waals surface area contributed by atoms with Crippen LogP contribution in [0.4, 0.5) is 0 Å². The summed E-state index contributed by atoms with van der Waals surface area (Å²) in [5, 5.41) is 3.37. The molecule has 0 fully saturated rings. The highest BCUT2D eigenvalue weighted by Crippen LogP contribution is 2.17. The van der Waals surface area contributed by atoms with Crippen LogP contribution in [0, 0.1) is 5.92 Å². The van der Waals surface area contributed by atoms with Gasteiger partial charge in [0.25, 0.3) is 0 Å². The van der Waals surface area contributed by atoms with Gasteiger partial charge in [0.2, 0.25) is 0 Å². The van der Waals surface area contributed by atoms with E-state index in [0.29, 0.717) is 17.8 Å². The lowest BCUT2D eigenvalue weighted by atomic mass is 9.92. The molecule has 3 heteroatoms. The van der Waals surface area contributed by atoms with Gasteiger partial charge in [0.1, 0.15) is 0 Å². The second kappa shape index (κ2) is 10.5. The van der Waals surface area contributed by atoms with Gasteiger partial charge in [-0.15, -0.1) is 18.2 Å². The van der Waals surface area contributed by atoms with Crippen molar-refractivity contribution < 1.29 is 0 Å². The fraction of sp³-hybridized carbons (Fsp3) is 0.733. The monoisotopic (exact) mass is 272 g/mol. The Balaban J connectivity index is 4.38. The molecule has 0 aliphatic carbocycles. The van der Waals surface area contributed by atoms with E-state index in [1.54, 1.807) is 0 Å². The molecule has 0 aromatic heterocycles. The zero-order chi connectivity index (χ0) is 14.0. The third-order valence-electron chi connectivity index (χ3n) is 3.30. The molecule has 2 atom stereocenters. The Labute approximate surface area is 118 Å². The Hall–Kier alpha value is -0.470. The molecule has 0 amide bonds. The fourth-order valence-electron chi connectivity index (χ4n) is 2.25. The summed E-state index contributed by atoms with van der Waals surface area (Å²) in [6.45, 7) is 12.4. The van der Waals surface area contributed by atoms with Gasteiger partial charge in [0.15, 0.2) is 0 Å². The maximum absolute atomic E-state index is 5.79. The summed E-state index contributed by atoms with van der Waals surface area (Å²) < 4.78 is 0. The predicted molar refractivity (Wildman–Crippen MR) is 83.2 cm³/mol. The number of hydrogen-bond acceptors (Lipinski definition) is 2. The third kappa shape index (κ3) is 7.07. The molecular weight excluding hydrogens is 244 g/mol. The van der Waals surface area contributed by atoms with Gasteiger partial charge in [-0.1, -0.05) is 18.6 Å². The van der Waals surface area contributed by atoms with Crippen LogP contribution in [0.5, 0.6) is 0 Å². The van der Waals surface area contributed by atoms with Crippen LogP contribution in [-0.4, -0.2) is 37.0 Å². The minimum absolute atomic E-state index is 0.508. The van der Waals surface area contributed by atoms with Crippen LogP contribution in [0.15, 0.2) is 24.4 Å².